The summed E-state index contributed by atoms with van der Waals surface area (Å²) in [5.74, 6) is -2.33. The van der Waals surface area contributed by atoms with Gasteiger partial charge in [-0.1, -0.05) is 6.07 Å². The van der Waals surface area contributed by atoms with Gasteiger partial charge in [0.1, 0.15) is 0 Å². The average Bonchev–Trinajstić information content (AvgIpc) is 3.26. The van der Waals surface area contributed by atoms with Crippen molar-refractivity contribution in [2.75, 3.05) is 6.54 Å². The van der Waals surface area contributed by atoms with Gasteiger partial charge in [-0.25, -0.2) is 8.78 Å². The van der Waals surface area contributed by atoms with Gasteiger partial charge in [0.25, 0.3) is 5.91 Å². The number of nitrogens with zero attached hydrogens (tertiary/aromatic N) is 1. The fourth-order valence-electron chi connectivity index (χ4n) is 2.37. The number of carbonyl (C=O) groups is 1. The Labute approximate surface area is 142 Å². The number of furan rings is 1. The molecule has 2 heterocycles. The van der Waals surface area contributed by atoms with Crippen LogP contribution in [0, 0.1) is 11.6 Å². The number of benzene rings is 1. The minimum absolute atomic E-state index is 0.128. The van der Waals surface area contributed by atoms with Gasteiger partial charge < -0.3 is 9.32 Å². The van der Waals surface area contributed by atoms with Crippen LogP contribution in [0.4, 0.5) is 8.78 Å². The van der Waals surface area contributed by atoms with Crippen LogP contribution in [0.3, 0.4) is 0 Å². The topological polar surface area (TPSA) is 33.5 Å². The summed E-state index contributed by atoms with van der Waals surface area (Å²) in [7, 11) is 0. The highest BCUT2D eigenvalue weighted by atomic mass is 32.1. The van der Waals surface area contributed by atoms with E-state index in [1.165, 1.54) is 12.3 Å². The van der Waals surface area contributed by atoms with E-state index in [2.05, 4.69) is 0 Å². The Kier molecular flexibility index (Phi) is 5.05. The molecule has 0 fully saturated rings. The van der Waals surface area contributed by atoms with Crippen LogP contribution in [0.5, 0.6) is 0 Å². The highest BCUT2D eigenvalue weighted by molar-refractivity contribution is 7.09. The molecule has 1 aromatic carbocycles. The molecule has 3 aromatic rings. The third-order valence-corrected chi connectivity index (χ3v) is 4.55. The van der Waals surface area contributed by atoms with Crippen LogP contribution < -0.4 is 0 Å². The van der Waals surface area contributed by atoms with Crippen LogP contribution in [0.25, 0.3) is 0 Å². The molecular weight excluding hydrogens is 332 g/mol. The highest BCUT2D eigenvalue weighted by Crippen LogP contribution is 2.16. The van der Waals surface area contributed by atoms with Crippen molar-refractivity contribution in [1.29, 1.82) is 0 Å². The first-order valence-electron chi connectivity index (χ1n) is 7.41. The van der Waals surface area contributed by atoms with E-state index in [0.29, 0.717) is 19.5 Å². The maximum absolute atomic E-state index is 13.4. The number of amides is 1. The molecule has 0 saturated heterocycles. The summed E-state index contributed by atoms with van der Waals surface area (Å²) < 4.78 is 31.6. The lowest BCUT2D eigenvalue weighted by atomic mass is 10.1. The summed E-state index contributed by atoms with van der Waals surface area (Å²) in [5.41, 5.74) is 0.973. The van der Waals surface area contributed by atoms with E-state index >= 15 is 0 Å². The van der Waals surface area contributed by atoms with Crippen molar-refractivity contribution in [3.05, 3.63) is 81.9 Å². The maximum Gasteiger partial charge on any atom is 0.254 e. The molecule has 3 rings (SSSR count). The molecule has 0 saturated carbocycles. The van der Waals surface area contributed by atoms with Crippen molar-refractivity contribution < 1.29 is 18.0 Å². The van der Waals surface area contributed by atoms with Gasteiger partial charge >= 0.3 is 0 Å². The molecule has 0 spiro atoms. The summed E-state index contributed by atoms with van der Waals surface area (Å²) in [5, 5.41) is 1.98. The normalized spacial score (nSPS) is 10.8. The molecule has 2 aromatic heterocycles. The molecule has 0 N–H and O–H groups in total. The molecule has 0 radical (unpaired) electrons. The second-order valence-corrected chi connectivity index (χ2v) is 6.35. The first-order chi connectivity index (χ1) is 11.6. The molecule has 0 atom stereocenters. The van der Waals surface area contributed by atoms with Crippen LogP contribution in [0.15, 0.2) is 58.7 Å². The lowest BCUT2D eigenvalue weighted by Crippen LogP contribution is -2.32. The van der Waals surface area contributed by atoms with E-state index in [1.54, 1.807) is 28.6 Å². The average molecular weight is 347 g/mol. The number of carbonyl (C=O) groups excluding carboxylic acids is 1. The molecule has 3 nitrogen and oxygen atoms in total. The number of hydrogen-bond acceptors (Lipinski definition) is 3. The Hall–Kier alpha value is -2.47. The Balaban J connectivity index is 1.79. The summed E-state index contributed by atoms with van der Waals surface area (Å²) in [6.45, 7) is 0.823. The van der Waals surface area contributed by atoms with E-state index in [1.807, 2.05) is 17.5 Å². The minimum atomic E-state index is -1.03. The quantitative estimate of drug-likeness (QED) is 0.658. The van der Waals surface area contributed by atoms with Crippen molar-refractivity contribution in [3.63, 3.8) is 0 Å². The number of rotatable bonds is 6. The molecule has 24 heavy (non-hydrogen) atoms. The largest absolute Gasteiger partial charge is 0.472 e. The van der Waals surface area contributed by atoms with Gasteiger partial charge in [0, 0.05) is 29.1 Å². The van der Waals surface area contributed by atoms with E-state index < -0.39 is 11.6 Å². The standard InChI is InChI=1S/C18H15F2NO2S/c19-16-4-3-14(10-17(16)20)18(22)21(11-13-6-8-23-12-13)7-5-15-2-1-9-24-15/h1-4,6,8-10,12H,5,7,11H2. The second kappa shape index (κ2) is 7.40. The van der Waals surface area contributed by atoms with Gasteiger partial charge in [-0.3, -0.25) is 4.79 Å². The number of halogens is 2. The molecule has 0 aliphatic heterocycles. The molecule has 6 heteroatoms. The molecular formula is C18H15F2NO2S. The zero-order valence-electron chi connectivity index (χ0n) is 12.7. The maximum atomic E-state index is 13.4. The van der Waals surface area contributed by atoms with Crippen LogP contribution in [-0.4, -0.2) is 17.4 Å². The van der Waals surface area contributed by atoms with Crippen molar-refractivity contribution in [2.45, 2.75) is 13.0 Å². The Morgan fingerprint density at radius 2 is 2.04 bits per heavy atom. The zero-order valence-corrected chi connectivity index (χ0v) is 13.6. The minimum Gasteiger partial charge on any atom is -0.472 e. The molecule has 0 aliphatic carbocycles. The van der Waals surface area contributed by atoms with Crippen molar-refractivity contribution in [2.24, 2.45) is 0 Å². The smallest absolute Gasteiger partial charge is 0.254 e. The summed E-state index contributed by atoms with van der Waals surface area (Å²) in [6.07, 6.45) is 3.80. The Morgan fingerprint density at radius 1 is 1.17 bits per heavy atom. The first kappa shape index (κ1) is 16.4. The number of hydrogen-bond donors (Lipinski definition) is 0. The highest BCUT2D eigenvalue weighted by Gasteiger charge is 2.18. The predicted molar refractivity (Wildman–Crippen MR) is 87.8 cm³/mol. The van der Waals surface area contributed by atoms with Crippen LogP contribution in [-0.2, 0) is 13.0 Å². The molecule has 0 bridgehead atoms. The lowest BCUT2D eigenvalue weighted by molar-refractivity contribution is 0.0744. The lowest BCUT2D eigenvalue weighted by Gasteiger charge is -2.22. The van der Waals surface area contributed by atoms with E-state index in [9.17, 15) is 13.6 Å². The molecule has 124 valence electrons. The second-order valence-electron chi connectivity index (χ2n) is 5.32. The molecule has 0 aliphatic rings. The fourth-order valence-corrected chi connectivity index (χ4v) is 3.07. The third kappa shape index (κ3) is 3.89. The van der Waals surface area contributed by atoms with E-state index in [-0.39, 0.29) is 11.5 Å². The van der Waals surface area contributed by atoms with Gasteiger partial charge in [-0.05, 0) is 42.1 Å². The van der Waals surface area contributed by atoms with Gasteiger partial charge in [0.05, 0.1) is 12.5 Å². The predicted octanol–water partition coefficient (Wildman–Crippen LogP) is 4.50. The van der Waals surface area contributed by atoms with Crippen LogP contribution in [0.2, 0.25) is 0 Å². The van der Waals surface area contributed by atoms with Gasteiger partial charge in [-0.15, -0.1) is 11.3 Å². The van der Waals surface area contributed by atoms with Gasteiger partial charge in [-0.2, -0.15) is 0 Å². The van der Waals surface area contributed by atoms with Gasteiger partial charge in [0.15, 0.2) is 11.6 Å². The Morgan fingerprint density at radius 3 is 2.71 bits per heavy atom. The summed E-state index contributed by atoms with van der Waals surface area (Å²) >= 11 is 1.62. The summed E-state index contributed by atoms with van der Waals surface area (Å²) in [6, 6.07) is 8.94. The van der Waals surface area contributed by atoms with Crippen LogP contribution in [0.1, 0.15) is 20.8 Å². The number of thiophene rings is 1. The van der Waals surface area contributed by atoms with Crippen molar-refractivity contribution in [1.82, 2.24) is 4.90 Å². The van der Waals surface area contributed by atoms with Gasteiger partial charge in [0.2, 0.25) is 0 Å². The zero-order chi connectivity index (χ0) is 16.9. The first-order valence-corrected chi connectivity index (χ1v) is 8.29. The Bertz CT molecular complexity index is 801. The van der Waals surface area contributed by atoms with Crippen LogP contribution >= 0.6 is 11.3 Å². The van der Waals surface area contributed by atoms with E-state index in [0.717, 1.165) is 22.6 Å². The molecule has 0 unspecified atom stereocenters. The third-order valence-electron chi connectivity index (χ3n) is 3.62. The summed E-state index contributed by atoms with van der Waals surface area (Å²) in [4.78, 5) is 15.5. The molecule has 1 amide bonds. The SMILES string of the molecule is O=C(c1ccc(F)c(F)c1)N(CCc1cccs1)Cc1ccoc1. The monoisotopic (exact) mass is 347 g/mol. The van der Waals surface area contributed by atoms with Crippen molar-refractivity contribution in [3.8, 4) is 0 Å². The van der Waals surface area contributed by atoms with Crippen molar-refractivity contribution >= 4 is 17.2 Å². The fraction of sp³-hybridized carbons (Fsp3) is 0.167. The van der Waals surface area contributed by atoms with E-state index in [4.69, 9.17) is 4.42 Å².